The number of nitriles is 1. The molecule has 0 atom stereocenters. The number of nitrogens with zero attached hydrogens (tertiary/aromatic N) is 6. The molecule has 2 aromatic rings. The van der Waals surface area contributed by atoms with E-state index in [0.29, 0.717) is 25.2 Å². The Kier molecular flexibility index (Phi) is 9.29. The van der Waals surface area contributed by atoms with E-state index in [0.717, 1.165) is 62.4 Å². The number of rotatable bonds is 9. The monoisotopic (exact) mass is 586 g/mol. The topological polar surface area (TPSA) is 83.8 Å². The second kappa shape index (κ2) is 12.5. The average Bonchev–Trinajstić information content (AvgIpc) is 3.13. The summed E-state index contributed by atoms with van der Waals surface area (Å²) in [5, 5.41) is 9.25. The summed E-state index contributed by atoms with van der Waals surface area (Å²) < 4.78 is 40.5. The number of anilines is 1. The first-order chi connectivity index (χ1) is 19.4. The van der Waals surface area contributed by atoms with E-state index in [2.05, 4.69) is 9.88 Å². The predicted octanol–water partition coefficient (Wildman–Crippen LogP) is 4.70. The molecule has 2 saturated heterocycles. The molecule has 0 spiro atoms. The number of aromatic nitrogens is 1. The summed E-state index contributed by atoms with van der Waals surface area (Å²) in [7, 11) is 0. The Morgan fingerprint density at radius 1 is 1.02 bits per heavy atom. The Morgan fingerprint density at radius 3 is 2.27 bits per heavy atom. The van der Waals surface area contributed by atoms with Gasteiger partial charge in [0.2, 0.25) is 0 Å². The van der Waals surface area contributed by atoms with Crippen LogP contribution in [0.4, 0.5) is 18.9 Å². The number of benzene rings is 1. The van der Waals surface area contributed by atoms with Gasteiger partial charge in [-0.05, 0) is 75.8 Å². The van der Waals surface area contributed by atoms with Gasteiger partial charge in [0, 0.05) is 50.7 Å². The van der Waals surface area contributed by atoms with E-state index in [-0.39, 0.29) is 16.7 Å². The SMILES string of the molecule is CC1(C)C(=O)N(c2ccc(C#N)c(C(F)(F)F)c2)C(=S)N1CCCCCCN1CCN(C(=O)c2ccncc2)CC1. The summed E-state index contributed by atoms with van der Waals surface area (Å²) >= 11 is 5.56. The van der Waals surface area contributed by atoms with E-state index in [4.69, 9.17) is 17.5 Å². The highest BCUT2D eigenvalue weighted by Gasteiger charge is 2.49. The van der Waals surface area contributed by atoms with Crippen molar-refractivity contribution in [1.82, 2.24) is 19.7 Å². The summed E-state index contributed by atoms with van der Waals surface area (Å²) in [5.74, 6) is -0.367. The Morgan fingerprint density at radius 2 is 1.66 bits per heavy atom. The van der Waals surface area contributed by atoms with Crippen molar-refractivity contribution in [3.63, 3.8) is 0 Å². The normalized spacial score (nSPS) is 17.7. The van der Waals surface area contributed by atoms with Gasteiger partial charge in [-0.1, -0.05) is 12.8 Å². The predicted molar refractivity (Wildman–Crippen MR) is 152 cm³/mol. The molecular weight excluding hydrogens is 553 g/mol. The number of amides is 2. The number of hydrogen-bond acceptors (Lipinski definition) is 6. The molecule has 0 saturated carbocycles. The Labute approximate surface area is 243 Å². The van der Waals surface area contributed by atoms with Crippen LogP contribution in [0.25, 0.3) is 0 Å². The van der Waals surface area contributed by atoms with Crippen molar-refractivity contribution in [2.24, 2.45) is 0 Å². The molecule has 2 fully saturated rings. The molecule has 0 radical (unpaired) electrons. The van der Waals surface area contributed by atoms with E-state index in [1.54, 1.807) is 49.3 Å². The molecule has 0 unspecified atom stereocenters. The number of carbonyl (C=O) groups excluding carboxylic acids is 2. The molecule has 218 valence electrons. The lowest BCUT2D eigenvalue weighted by molar-refractivity contribution is -0.137. The fourth-order valence-corrected chi connectivity index (χ4v) is 5.76. The van der Waals surface area contributed by atoms with Crippen molar-refractivity contribution in [1.29, 1.82) is 5.26 Å². The van der Waals surface area contributed by atoms with Crippen molar-refractivity contribution in [2.75, 3.05) is 44.2 Å². The molecule has 2 amide bonds. The number of halogens is 3. The van der Waals surface area contributed by atoms with Gasteiger partial charge < -0.3 is 9.80 Å². The van der Waals surface area contributed by atoms with Crippen LogP contribution in [0.5, 0.6) is 0 Å². The smallest absolute Gasteiger partial charge is 0.336 e. The number of hydrogen-bond donors (Lipinski definition) is 0. The lowest BCUT2D eigenvalue weighted by atomic mass is 10.0. The number of carbonyl (C=O) groups is 2. The van der Waals surface area contributed by atoms with E-state index >= 15 is 0 Å². The van der Waals surface area contributed by atoms with Crippen molar-refractivity contribution in [2.45, 2.75) is 51.2 Å². The first-order valence-electron chi connectivity index (χ1n) is 13.6. The highest BCUT2D eigenvalue weighted by Crippen LogP contribution is 2.38. The third-order valence-electron chi connectivity index (χ3n) is 7.70. The molecule has 2 aliphatic heterocycles. The molecule has 1 aromatic carbocycles. The van der Waals surface area contributed by atoms with Crippen molar-refractivity contribution >= 4 is 34.8 Å². The van der Waals surface area contributed by atoms with Crippen molar-refractivity contribution in [3.05, 3.63) is 59.4 Å². The van der Waals surface area contributed by atoms with Crippen molar-refractivity contribution in [3.8, 4) is 6.07 Å². The minimum absolute atomic E-state index is 0.00414. The van der Waals surface area contributed by atoms with Gasteiger partial charge in [0.1, 0.15) is 5.54 Å². The Balaban J connectivity index is 1.23. The molecule has 0 N–H and O–H groups in total. The summed E-state index contributed by atoms with van der Waals surface area (Å²) in [6, 6.07) is 8.23. The minimum Gasteiger partial charge on any atom is -0.336 e. The molecule has 1 aromatic heterocycles. The second-order valence-corrected chi connectivity index (χ2v) is 11.1. The lowest BCUT2D eigenvalue weighted by Crippen LogP contribution is -2.48. The van der Waals surface area contributed by atoms with Crippen LogP contribution in [0.2, 0.25) is 0 Å². The maximum Gasteiger partial charge on any atom is 0.417 e. The lowest BCUT2D eigenvalue weighted by Gasteiger charge is -2.34. The van der Waals surface area contributed by atoms with Crippen LogP contribution in [-0.4, -0.2) is 81.4 Å². The van der Waals surface area contributed by atoms with Gasteiger partial charge in [0.05, 0.1) is 22.9 Å². The van der Waals surface area contributed by atoms with Crippen LogP contribution in [-0.2, 0) is 11.0 Å². The molecule has 0 bridgehead atoms. The molecule has 8 nitrogen and oxygen atoms in total. The third kappa shape index (κ3) is 6.68. The Hall–Kier alpha value is -3.56. The van der Waals surface area contributed by atoms with E-state index in [1.165, 1.54) is 6.07 Å². The zero-order valence-electron chi connectivity index (χ0n) is 23.2. The van der Waals surface area contributed by atoms with Crippen molar-refractivity contribution < 1.29 is 22.8 Å². The average molecular weight is 587 g/mol. The highest BCUT2D eigenvalue weighted by atomic mass is 32.1. The van der Waals surface area contributed by atoms with Crippen LogP contribution >= 0.6 is 12.2 Å². The molecule has 0 aliphatic carbocycles. The van der Waals surface area contributed by atoms with Crippen LogP contribution < -0.4 is 4.90 Å². The highest BCUT2D eigenvalue weighted by molar-refractivity contribution is 7.80. The van der Waals surface area contributed by atoms with Gasteiger partial charge >= 0.3 is 6.18 Å². The van der Waals surface area contributed by atoms with Crippen LogP contribution in [0.1, 0.15) is 61.0 Å². The Bertz CT molecular complexity index is 1320. The minimum atomic E-state index is -4.73. The second-order valence-electron chi connectivity index (χ2n) is 10.8. The maximum atomic E-state index is 13.5. The molecule has 41 heavy (non-hydrogen) atoms. The quantitative estimate of drug-likeness (QED) is 0.311. The molecule has 2 aliphatic rings. The summed E-state index contributed by atoms with van der Waals surface area (Å²) in [5.41, 5.74) is -1.94. The first kappa shape index (κ1) is 30.4. The standard InChI is InChI=1S/C29H33F3N6O2S/c1-28(2)26(40)38(23-8-7-22(20-33)24(19-23)29(30,31)32)27(41)37(28)14-6-4-3-5-13-35-15-17-36(18-16-35)25(39)21-9-11-34-12-10-21/h7-12,19H,3-6,13-18H2,1-2H3. The number of piperazine rings is 1. The molecule has 12 heteroatoms. The fourth-order valence-electron chi connectivity index (χ4n) is 5.25. The summed E-state index contributed by atoms with van der Waals surface area (Å²) in [4.78, 5) is 37.0. The molecular formula is C29H33F3N6O2S. The van der Waals surface area contributed by atoms with Crippen LogP contribution in [0.3, 0.4) is 0 Å². The largest absolute Gasteiger partial charge is 0.417 e. The van der Waals surface area contributed by atoms with E-state index < -0.39 is 28.7 Å². The zero-order valence-corrected chi connectivity index (χ0v) is 24.0. The van der Waals surface area contributed by atoms with Crippen LogP contribution in [0, 0.1) is 11.3 Å². The van der Waals surface area contributed by atoms with Gasteiger partial charge in [0.15, 0.2) is 5.11 Å². The van der Waals surface area contributed by atoms with Crippen LogP contribution in [0.15, 0.2) is 42.7 Å². The molecule has 4 rings (SSSR count). The summed E-state index contributed by atoms with van der Waals surface area (Å²) in [6.07, 6.45) is 2.20. The number of thiocarbonyl (C=S) groups is 1. The number of alkyl halides is 3. The van der Waals surface area contributed by atoms with Gasteiger partial charge in [-0.25, -0.2) is 0 Å². The van der Waals surface area contributed by atoms with Gasteiger partial charge in [-0.2, -0.15) is 18.4 Å². The number of pyridine rings is 1. The van der Waals surface area contributed by atoms with E-state index in [1.807, 2.05) is 4.90 Å². The van der Waals surface area contributed by atoms with Gasteiger partial charge in [-0.15, -0.1) is 0 Å². The van der Waals surface area contributed by atoms with E-state index in [9.17, 15) is 22.8 Å². The third-order valence-corrected chi connectivity index (χ3v) is 8.11. The number of unbranched alkanes of at least 4 members (excludes halogenated alkanes) is 3. The van der Waals surface area contributed by atoms with Gasteiger partial charge in [0.25, 0.3) is 11.8 Å². The fraction of sp³-hybridized carbons (Fsp3) is 0.483. The molecule has 3 heterocycles. The first-order valence-corrected chi connectivity index (χ1v) is 14.0. The maximum absolute atomic E-state index is 13.5. The zero-order chi connectivity index (χ0) is 29.8. The van der Waals surface area contributed by atoms with Gasteiger partial charge in [-0.3, -0.25) is 24.4 Å². The summed E-state index contributed by atoms with van der Waals surface area (Å²) in [6.45, 7) is 7.92.